The summed E-state index contributed by atoms with van der Waals surface area (Å²) in [6.45, 7) is 0. The van der Waals surface area contributed by atoms with Gasteiger partial charge in [0, 0.05) is 11.9 Å². The fraction of sp³-hybridized carbons (Fsp3) is 0.333. The molecule has 1 unspecified atom stereocenters. The Morgan fingerprint density at radius 2 is 2.25 bits per heavy atom. The van der Waals surface area contributed by atoms with E-state index in [2.05, 4.69) is 4.98 Å². The number of hydrogen-bond donors (Lipinski definition) is 0. The Kier molecular flexibility index (Phi) is 3.26. The van der Waals surface area contributed by atoms with E-state index in [1.165, 1.54) is 13.2 Å². The molecule has 5 heteroatoms. The van der Waals surface area contributed by atoms with Crippen molar-refractivity contribution in [2.75, 3.05) is 7.11 Å². The quantitative estimate of drug-likeness (QED) is 0.791. The molecule has 4 nitrogen and oxygen atoms in total. The van der Waals surface area contributed by atoms with Crippen LogP contribution in [0.5, 0.6) is 0 Å². The van der Waals surface area contributed by atoms with E-state index in [0.29, 0.717) is 17.8 Å². The van der Waals surface area contributed by atoms with Gasteiger partial charge in [-0.15, -0.1) is 0 Å². The summed E-state index contributed by atoms with van der Waals surface area (Å²) in [6, 6.07) is 6.05. The molecule has 1 aliphatic rings. The van der Waals surface area contributed by atoms with Crippen molar-refractivity contribution in [2.24, 2.45) is 0 Å². The van der Waals surface area contributed by atoms with Crippen LogP contribution in [0, 0.1) is 5.82 Å². The van der Waals surface area contributed by atoms with Gasteiger partial charge >= 0.3 is 5.97 Å². The number of nitrogens with zero attached hydrogens (tertiary/aromatic N) is 2. The van der Waals surface area contributed by atoms with Gasteiger partial charge in [-0.05, 0) is 31.4 Å². The number of esters is 1. The second-order valence-corrected chi connectivity index (χ2v) is 4.85. The first kappa shape index (κ1) is 12.8. The SMILES string of the molecule is COC(=O)C1CCCc2cnc(-c3ccccc3F)n21. The van der Waals surface area contributed by atoms with Crippen molar-refractivity contribution >= 4 is 5.97 Å². The van der Waals surface area contributed by atoms with E-state index in [9.17, 15) is 9.18 Å². The van der Waals surface area contributed by atoms with Crippen LogP contribution in [0.15, 0.2) is 30.5 Å². The van der Waals surface area contributed by atoms with Gasteiger partial charge in [-0.2, -0.15) is 0 Å². The molecule has 0 saturated carbocycles. The Balaban J connectivity index is 2.13. The van der Waals surface area contributed by atoms with Crippen LogP contribution >= 0.6 is 0 Å². The van der Waals surface area contributed by atoms with Gasteiger partial charge in [-0.3, -0.25) is 0 Å². The van der Waals surface area contributed by atoms with E-state index in [1.54, 1.807) is 24.4 Å². The lowest BCUT2D eigenvalue weighted by molar-refractivity contribution is -0.145. The number of halogens is 1. The summed E-state index contributed by atoms with van der Waals surface area (Å²) in [7, 11) is 1.37. The van der Waals surface area contributed by atoms with Gasteiger partial charge in [0.2, 0.25) is 0 Å². The number of methoxy groups -OCH3 is 1. The predicted octanol–water partition coefficient (Wildman–Crippen LogP) is 2.74. The van der Waals surface area contributed by atoms with Crippen LogP contribution in [0.3, 0.4) is 0 Å². The van der Waals surface area contributed by atoms with Crippen LogP contribution in [0.4, 0.5) is 4.39 Å². The molecule has 0 bridgehead atoms. The molecule has 3 rings (SSSR count). The maximum absolute atomic E-state index is 14.0. The summed E-state index contributed by atoms with van der Waals surface area (Å²) in [4.78, 5) is 16.2. The average molecular weight is 274 g/mol. The van der Waals surface area contributed by atoms with Crippen LogP contribution < -0.4 is 0 Å². The maximum Gasteiger partial charge on any atom is 0.328 e. The zero-order valence-corrected chi connectivity index (χ0v) is 11.2. The zero-order valence-electron chi connectivity index (χ0n) is 11.2. The first-order valence-corrected chi connectivity index (χ1v) is 6.61. The van der Waals surface area contributed by atoms with Gasteiger partial charge in [0.05, 0.1) is 12.7 Å². The van der Waals surface area contributed by atoms with Crippen LogP contribution in [0.1, 0.15) is 24.6 Å². The third-order valence-electron chi connectivity index (χ3n) is 3.68. The van der Waals surface area contributed by atoms with Gasteiger partial charge in [0.25, 0.3) is 0 Å². The monoisotopic (exact) mass is 274 g/mol. The third kappa shape index (κ3) is 1.99. The lowest BCUT2D eigenvalue weighted by Gasteiger charge is -2.25. The zero-order chi connectivity index (χ0) is 14.1. The minimum absolute atomic E-state index is 0.304. The van der Waals surface area contributed by atoms with Gasteiger partial charge in [-0.25, -0.2) is 14.2 Å². The first-order chi connectivity index (χ1) is 9.72. The van der Waals surface area contributed by atoms with Gasteiger partial charge in [0.1, 0.15) is 17.7 Å². The fourth-order valence-corrected chi connectivity index (χ4v) is 2.74. The summed E-state index contributed by atoms with van der Waals surface area (Å²) in [5.41, 5.74) is 1.36. The van der Waals surface area contributed by atoms with Crippen molar-refractivity contribution in [3.8, 4) is 11.4 Å². The molecule has 0 aliphatic carbocycles. The van der Waals surface area contributed by atoms with Gasteiger partial charge in [0.15, 0.2) is 0 Å². The number of hydrogen-bond acceptors (Lipinski definition) is 3. The molecule has 0 saturated heterocycles. The molecule has 2 aromatic rings. The van der Waals surface area contributed by atoms with Gasteiger partial charge < -0.3 is 9.30 Å². The van der Waals surface area contributed by atoms with E-state index in [1.807, 2.05) is 4.57 Å². The summed E-state index contributed by atoms with van der Waals surface area (Å²) in [5, 5.41) is 0. The number of aryl methyl sites for hydroxylation is 1. The molecule has 0 N–H and O–H groups in total. The standard InChI is InChI=1S/C15H15FN2O2/c1-20-15(19)13-8-4-5-10-9-17-14(18(10)13)11-6-2-3-7-12(11)16/h2-3,6-7,9,13H,4-5,8H2,1H3. The van der Waals surface area contributed by atoms with Crippen LogP contribution in [0.25, 0.3) is 11.4 Å². The van der Waals surface area contributed by atoms with Crippen LogP contribution in [-0.4, -0.2) is 22.6 Å². The molecule has 1 aliphatic heterocycles. The van der Waals surface area contributed by atoms with E-state index in [-0.39, 0.29) is 11.8 Å². The maximum atomic E-state index is 14.0. The smallest absolute Gasteiger partial charge is 0.328 e. The average Bonchev–Trinajstić information content (AvgIpc) is 2.91. The number of benzene rings is 1. The van der Waals surface area contributed by atoms with E-state index < -0.39 is 6.04 Å². The molecule has 0 amide bonds. The normalized spacial score (nSPS) is 17.6. The number of rotatable bonds is 2. The molecule has 0 spiro atoms. The third-order valence-corrected chi connectivity index (χ3v) is 3.68. The minimum atomic E-state index is -0.416. The lowest BCUT2D eigenvalue weighted by Crippen LogP contribution is -2.26. The summed E-state index contributed by atoms with van der Waals surface area (Å²) in [6.07, 6.45) is 4.16. The Morgan fingerprint density at radius 1 is 1.45 bits per heavy atom. The highest BCUT2D eigenvalue weighted by Gasteiger charge is 2.30. The summed E-state index contributed by atoms with van der Waals surface area (Å²) in [5.74, 6) is -0.148. The highest BCUT2D eigenvalue weighted by Crippen LogP contribution is 2.32. The van der Waals surface area contributed by atoms with Crippen molar-refractivity contribution in [1.29, 1.82) is 0 Å². The van der Waals surface area contributed by atoms with Gasteiger partial charge in [-0.1, -0.05) is 12.1 Å². The molecule has 1 atom stereocenters. The molecule has 104 valence electrons. The fourth-order valence-electron chi connectivity index (χ4n) is 2.74. The number of aromatic nitrogens is 2. The van der Waals surface area contributed by atoms with Crippen molar-refractivity contribution in [2.45, 2.75) is 25.3 Å². The lowest BCUT2D eigenvalue weighted by atomic mass is 10.0. The van der Waals surface area contributed by atoms with Crippen molar-refractivity contribution in [1.82, 2.24) is 9.55 Å². The molecule has 1 aromatic heterocycles. The minimum Gasteiger partial charge on any atom is -0.467 e. The van der Waals surface area contributed by atoms with E-state index in [4.69, 9.17) is 4.74 Å². The number of carbonyl (C=O) groups is 1. The Bertz CT molecular complexity index is 651. The second-order valence-electron chi connectivity index (χ2n) is 4.85. The molecule has 20 heavy (non-hydrogen) atoms. The highest BCUT2D eigenvalue weighted by atomic mass is 19.1. The van der Waals surface area contributed by atoms with Crippen molar-refractivity contribution in [3.05, 3.63) is 42.0 Å². The number of ether oxygens (including phenoxy) is 1. The largest absolute Gasteiger partial charge is 0.467 e. The number of carbonyl (C=O) groups excluding carboxylic acids is 1. The number of fused-ring (bicyclic) bond motifs is 1. The number of imidazole rings is 1. The molecule has 1 aromatic carbocycles. The van der Waals surface area contributed by atoms with E-state index in [0.717, 1.165) is 18.5 Å². The Labute approximate surface area is 116 Å². The van der Waals surface area contributed by atoms with Crippen molar-refractivity contribution in [3.63, 3.8) is 0 Å². The second kappa shape index (κ2) is 5.07. The summed E-state index contributed by atoms with van der Waals surface area (Å²) >= 11 is 0. The Hall–Kier alpha value is -2.17. The molecular weight excluding hydrogens is 259 g/mol. The van der Waals surface area contributed by atoms with Crippen molar-refractivity contribution < 1.29 is 13.9 Å². The molecular formula is C15H15FN2O2. The predicted molar refractivity (Wildman–Crippen MR) is 71.6 cm³/mol. The Morgan fingerprint density at radius 3 is 3.00 bits per heavy atom. The highest BCUT2D eigenvalue weighted by molar-refractivity contribution is 5.75. The summed E-state index contributed by atoms with van der Waals surface area (Å²) < 4.78 is 20.6. The molecule has 2 heterocycles. The van der Waals surface area contributed by atoms with Crippen LogP contribution in [0.2, 0.25) is 0 Å². The van der Waals surface area contributed by atoms with E-state index >= 15 is 0 Å². The van der Waals surface area contributed by atoms with Crippen LogP contribution in [-0.2, 0) is 16.0 Å². The topological polar surface area (TPSA) is 44.1 Å². The first-order valence-electron chi connectivity index (χ1n) is 6.61. The molecule has 0 fully saturated rings. The molecule has 0 radical (unpaired) electrons.